The second-order valence-electron chi connectivity index (χ2n) is 6.87. The van der Waals surface area contributed by atoms with Crippen molar-refractivity contribution in [1.29, 1.82) is 0 Å². The number of benzene rings is 1. The third kappa shape index (κ3) is 5.33. The predicted octanol–water partition coefficient (Wildman–Crippen LogP) is 2.58. The largest absolute Gasteiger partial charge is 0.378 e. The molecule has 3 rings (SSSR count). The molecule has 4 nitrogen and oxygen atoms in total. The predicted molar refractivity (Wildman–Crippen MR) is 91.0 cm³/mol. The second-order valence-corrected chi connectivity index (χ2v) is 6.87. The van der Waals surface area contributed by atoms with Crippen LogP contribution in [0.5, 0.6) is 0 Å². The molecule has 0 bridgehead atoms. The number of piperidine rings is 1. The summed E-state index contributed by atoms with van der Waals surface area (Å²) in [5.41, 5.74) is 1.37. The third-order valence-electron chi connectivity index (χ3n) is 4.88. The number of carbonyl (C=O) groups excluding carboxylic acids is 1. The number of rotatable bonds is 6. The molecule has 126 valence electrons. The standard InChI is InChI=1S/C19H28N2O2/c22-19(12-18-9-5-11-23-18)20-13-17-8-4-10-21(15-17)14-16-6-2-1-3-7-16/h1-3,6-7,17-18H,4-5,8-15H2,(H,20,22)/t17-,18-/m0/s1. The highest BCUT2D eigenvalue weighted by atomic mass is 16.5. The van der Waals surface area contributed by atoms with Crippen molar-refractivity contribution in [1.82, 2.24) is 10.2 Å². The molecule has 0 unspecified atom stereocenters. The monoisotopic (exact) mass is 316 g/mol. The van der Waals surface area contributed by atoms with Gasteiger partial charge >= 0.3 is 0 Å². The molecule has 1 N–H and O–H groups in total. The Balaban J connectivity index is 1.39. The van der Waals surface area contributed by atoms with Gasteiger partial charge in [-0.05, 0) is 43.7 Å². The molecule has 0 aliphatic carbocycles. The number of hydrogen-bond donors (Lipinski definition) is 1. The quantitative estimate of drug-likeness (QED) is 0.877. The van der Waals surface area contributed by atoms with Gasteiger partial charge < -0.3 is 10.1 Å². The third-order valence-corrected chi connectivity index (χ3v) is 4.88. The lowest BCUT2D eigenvalue weighted by Crippen LogP contribution is -2.41. The lowest BCUT2D eigenvalue weighted by atomic mass is 9.97. The van der Waals surface area contributed by atoms with Crippen LogP contribution in [0.3, 0.4) is 0 Å². The summed E-state index contributed by atoms with van der Waals surface area (Å²) in [5.74, 6) is 0.720. The van der Waals surface area contributed by atoms with Crippen molar-refractivity contribution >= 4 is 5.91 Å². The van der Waals surface area contributed by atoms with E-state index in [9.17, 15) is 4.79 Å². The van der Waals surface area contributed by atoms with Gasteiger partial charge in [0.1, 0.15) is 0 Å². The van der Waals surface area contributed by atoms with Crippen molar-refractivity contribution in [3.8, 4) is 0 Å². The fourth-order valence-corrected chi connectivity index (χ4v) is 3.65. The first-order valence-corrected chi connectivity index (χ1v) is 8.94. The lowest BCUT2D eigenvalue weighted by Gasteiger charge is -2.33. The Hall–Kier alpha value is -1.39. The lowest BCUT2D eigenvalue weighted by molar-refractivity contribution is -0.123. The highest BCUT2D eigenvalue weighted by molar-refractivity contribution is 5.76. The summed E-state index contributed by atoms with van der Waals surface area (Å²) in [4.78, 5) is 14.5. The smallest absolute Gasteiger partial charge is 0.222 e. The Morgan fingerprint density at radius 2 is 2.09 bits per heavy atom. The molecule has 0 spiro atoms. The van der Waals surface area contributed by atoms with Crippen molar-refractivity contribution in [3.63, 3.8) is 0 Å². The average Bonchev–Trinajstić information content (AvgIpc) is 3.07. The van der Waals surface area contributed by atoms with Crippen molar-refractivity contribution in [2.45, 2.75) is 44.8 Å². The SMILES string of the molecule is O=C(C[C@@H]1CCCO1)NC[C@@H]1CCCN(Cc2ccccc2)C1. The molecule has 1 aromatic carbocycles. The van der Waals surface area contributed by atoms with Crippen LogP contribution in [0.25, 0.3) is 0 Å². The number of ether oxygens (including phenoxy) is 1. The zero-order valence-corrected chi connectivity index (χ0v) is 13.9. The maximum atomic E-state index is 12.0. The van der Waals surface area contributed by atoms with Gasteiger partial charge in [-0.2, -0.15) is 0 Å². The Bertz CT molecular complexity index is 485. The molecule has 0 aromatic heterocycles. The van der Waals surface area contributed by atoms with E-state index in [2.05, 4.69) is 40.5 Å². The van der Waals surface area contributed by atoms with Gasteiger partial charge in [0, 0.05) is 26.2 Å². The minimum atomic E-state index is 0.149. The summed E-state index contributed by atoms with van der Waals surface area (Å²) in [5, 5.41) is 3.12. The summed E-state index contributed by atoms with van der Waals surface area (Å²) < 4.78 is 5.53. The van der Waals surface area contributed by atoms with E-state index in [0.29, 0.717) is 12.3 Å². The van der Waals surface area contributed by atoms with E-state index in [1.54, 1.807) is 0 Å². The Labute approximate surface area is 139 Å². The van der Waals surface area contributed by atoms with Crippen LogP contribution in [0.15, 0.2) is 30.3 Å². The summed E-state index contributed by atoms with van der Waals surface area (Å²) >= 11 is 0. The van der Waals surface area contributed by atoms with Crippen molar-refractivity contribution in [3.05, 3.63) is 35.9 Å². The van der Waals surface area contributed by atoms with Crippen LogP contribution in [-0.4, -0.2) is 43.2 Å². The molecule has 2 fully saturated rings. The maximum absolute atomic E-state index is 12.0. The van der Waals surface area contributed by atoms with Crippen LogP contribution >= 0.6 is 0 Å². The van der Waals surface area contributed by atoms with E-state index in [-0.39, 0.29) is 12.0 Å². The number of likely N-dealkylation sites (tertiary alicyclic amines) is 1. The molecule has 2 atom stereocenters. The first-order valence-electron chi connectivity index (χ1n) is 8.94. The van der Waals surface area contributed by atoms with Crippen LogP contribution in [0.2, 0.25) is 0 Å². The molecule has 1 amide bonds. The average molecular weight is 316 g/mol. The molecule has 0 radical (unpaired) electrons. The van der Waals surface area contributed by atoms with Crippen molar-refractivity contribution < 1.29 is 9.53 Å². The molecular weight excluding hydrogens is 288 g/mol. The van der Waals surface area contributed by atoms with Crippen molar-refractivity contribution in [2.24, 2.45) is 5.92 Å². The molecule has 23 heavy (non-hydrogen) atoms. The molecule has 1 aromatic rings. The first-order chi connectivity index (χ1) is 11.3. The molecule has 0 saturated carbocycles. The maximum Gasteiger partial charge on any atom is 0.222 e. The summed E-state index contributed by atoms with van der Waals surface area (Å²) in [7, 11) is 0. The van der Waals surface area contributed by atoms with Crippen molar-refractivity contribution in [2.75, 3.05) is 26.2 Å². The summed E-state index contributed by atoms with van der Waals surface area (Å²) in [6.45, 7) is 4.87. The van der Waals surface area contributed by atoms with Crippen LogP contribution in [-0.2, 0) is 16.1 Å². The second kappa shape index (κ2) is 8.46. The highest BCUT2D eigenvalue weighted by Gasteiger charge is 2.22. The van der Waals surface area contributed by atoms with Gasteiger partial charge in [-0.25, -0.2) is 0 Å². The Morgan fingerprint density at radius 1 is 1.22 bits per heavy atom. The summed E-state index contributed by atoms with van der Waals surface area (Å²) in [6.07, 6.45) is 5.23. The van der Waals surface area contributed by atoms with E-state index in [0.717, 1.165) is 45.6 Å². The van der Waals surface area contributed by atoms with Crippen LogP contribution in [0.1, 0.15) is 37.7 Å². The fraction of sp³-hybridized carbons (Fsp3) is 0.632. The minimum Gasteiger partial charge on any atom is -0.378 e. The van der Waals surface area contributed by atoms with E-state index in [4.69, 9.17) is 4.74 Å². The molecule has 2 aliphatic rings. The van der Waals surface area contributed by atoms with E-state index in [1.807, 2.05) is 0 Å². The first kappa shape index (κ1) is 16.5. The van der Waals surface area contributed by atoms with Gasteiger partial charge in [-0.15, -0.1) is 0 Å². The topological polar surface area (TPSA) is 41.6 Å². The van der Waals surface area contributed by atoms with Gasteiger partial charge in [-0.3, -0.25) is 9.69 Å². The zero-order chi connectivity index (χ0) is 15.9. The van der Waals surface area contributed by atoms with Gasteiger partial charge in [0.2, 0.25) is 5.91 Å². The van der Waals surface area contributed by atoms with Gasteiger partial charge in [0.15, 0.2) is 0 Å². The minimum absolute atomic E-state index is 0.149. The molecular formula is C19H28N2O2. The fourth-order valence-electron chi connectivity index (χ4n) is 3.65. The number of carbonyl (C=O) groups is 1. The van der Waals surface area contributed by atoms with Gasteiger partial charge in [-0.1, -0.05) is 30.3 Å². The summed E-state index contributed by atoms with van der Waals surface area (Å²) in [6, 6.07) is 10.6. The van der Waals surface area contributed by atoms with Gasteiger partial charge in [0.05, 0.1) is 12.5 Å². The number of amides is 1. The molecule has 2 heterocycles. The molecule has 4 heteroatoms. The van der Waals surface area contributed by atoms with E-state index >= 15 is 0 Å². The zero-order valence-electron chi connectivity index (χ0n) is 13.9. The number of hydrogen-bond acceptors (Lipinski definition) is 3. The van der Waals surface area contributed by atoms with Gasteiger partial charge in [0.25, 0.3) is 0 Å². The van der Waals surface area contributed by atoms with E-state index in [1.165, 1.54) is 18.4 Å². The highest BCUT2D eigenvalue weighted by Crippen LogP contribution is 2.19. The molecule has 2 saturated heterocycles. The van der Waals surface area contributed by atoms with Crippen LogP contribution in [0, 0.1) is 5.92 Å². The van der Waals surface area contributed by atoms with Crippen LogP contribution < -0.4 is 5.32 Å². The Kier molecular flexibility index (Phi) is 6.06. The molecule has 2 aliphatic heterocycles. The van der Waals surface area contributed by atoms with E-state index < -0.39 is 0 Å². The Morgan fingerprint density at radius 3 is 2.87 bits per heavy atom. The number of nitrogens with one attached hydrogen (secondary N) is 1. The normalized spacial score (nSPS) is 25.4. The number of nitrogens with zero attached hydrogens (tertiary/aromatic N) is 1. The van der Waals surface area contributed by atoms with Crippen LogP contribution in [0.4, 0.5) is 0 Å².